The van der Waals surface area contributed by atoms with Gasteiger partial charge in [-0.2, -0.15) is 0 Å². The Morgan fingerprint density at radius 3 is 2.24 bits per heavy atom. The van der Waals surface area contributed by atoms with E-state index in [-0.39, 0.29) is 24.9 Å². The van der Waals surface area contributed by atoms with Crippen LogP contribution < -0.4 is 10.6 Å². The highest BCUT2D eigenvalue weighted by Crippen LogP contribution is 2.44. The summed E-state index contributed by atoms with van der Waals surface area (Å²) in [6, 6.07) is 16.4. The van der Waals surface area contributed by atoms with E-state index in [1.807, 2.05) is 24.3 Å². The Morgan fingerprint density at radius 1 is 1.06 bits per heavy atom. The van der Waals surface area contributed by atoms with Gasteiger partial charge < -0.3 is 20.5 Å². The van der Waals surface area contributed by atoms with Crippen molar-refractivity contribution in [1.82, 2.24) is 10.6 Å². The van der Waals surface area contributed by atoms with Gasteiger partial charge in [0.1, 0.15) is 6.61 Å². The van der Waals surface area contributed by atoms with Crippen LogP contribution in [0.25, 0.3) is 11.1 Å². The first-order valence-corrected chi connectivity index (χ1v) is 11.5. The summed E-state index contributed by atoms with van der Waals surface area (Å²) in [7, 11) is 0. The minimum atomic E-state index is -0.828. The Hall–Kier alpha value is -3.35. The molecule has 1 unspecified atom stereocenters. The first-order chi connectivity index (χ1) is 15.9. The van der Waals surface area contributed by atoms with Crippen LogP contribution in [0.3, 0.4) is 0 Å². The summed E-state index contributed by atoms with van der Waals surface area (Å²) in [6.45, 7) is 2.32. The van der Waals surface area contributed by atoms with Crippen LogP contribution in [-0.2, 0) is 14.3 Å². The molecule has 1 atom stereocenters. The van der Waals surface area contributed by atoms with Crippen molar-refractivity contribution in [3.63, 3.8) is 0 Å². The smallest absolute Gasteiger partial charge is 0.407 e. The zero-order chi connectivity index (χ0) is 23.4. The van der Waals surface area contributed by atoms with E-state index in [4.69, 9.17) is 9.84 Å². The zero-order valence-electron chi connectivity index (χ0n) is 18.8. The number of alkyl carbamates (subject to hydrolysis) is 1. The van der Waals surface area contributed by atoms with Gasteiger partial charge in [0.2, 0.25) is 5.91 Å². The van der Waals surface area contributed by atoms with E-state index in [0.29, 0.717) is 19.4 Å². The molecule has 2 aliphatic rings. The largest absolute Gasteiger partial charge is 0.481 e. The number of carboxylic acid groups (broad SMARTS) is 1. The lowest BCUT2D eigenvalue weighted by Crippen LogP contribution is -2.41. The van der Waals surface area contributed by atoms with E-state index in [9.17, 15) is 14.4 Å². The fourth-order valence-corrected chi connectivity index (χ4v) is 4.48. The van der Waals surface area contributed by atoms with Crippen LogP contribution in [0.15, 0.2) is 48.5 Å². The Kier molecular flexibility index (Phi) is 6.67. The molecule has 2 aromatic carbocycles. The van der Waals surface area contributed by atoms with Crippen LogP contribution in [0, 0.1) is 5.92 Å². The third kappa shape index (κ3) is 5.35. The monoisotopic (exact) mass is 450 g/mol. The molecule has 174 valence electrons. The molecule has 2 aliphatic carbocycles. The Bertz CT molecular complexity index is 1000. The number of hydrogen-bond donors (Lipinski definition) is 3. The Balaban J connectivity index is 1.25. The molecule has 0 radical (unpaired) electrons. The molecular formula is C26H30N2O5. The average Bonchev–Trinajstić information content (AvgIpc) is 3.47. The molecule has 0 heterocycles. The predicted octanol–water partition coefficient (Wildman–Crippen LogP) is 4.06. The van der Waals surface area contributed by atoms with Crippen molar-refractivity contribution in [2.24, 2.45) is 5.92 Å². The van der Waals surface area contributed by atoms with Gasteiger partial charge >= 0.3 is 12.1 Å². The average molecular weight is 451 g/mol. The van der Waals surface area contributed by atoms with Gasteiger partial charge in [0.05, 0.1) is 11.5 Å². The first-order valence-electron chi connectivity index (χ1n) is 11.5. The number of benzene rings is 2. The molecule has 1 saturated carbocycles. The number of aliphatic carboxylic acids is 1. The number of ether oxygens (including phenoxy) is 1. The van der Waals surface area contributed by atoms with Crippen LogP contribution in [-0.4, -0.2) is 41.8 Å². The highest BCUT2D eigenvalue weighted by atomic mass is 16.5. The van der Waals surface area contributed by atoms with Gasteiger partial charge in [-0.25, -0.2) is 4.79 Å². The van der Waals surface area contributed by atoms with Crippen molar-refractivity contribution in [3.8, 4) is 11.1 Å². The number of amides is 2. The minimum absolute atomic E-state index is 0.00482. The highest BCUT2D eigenvalue weighted by Gasteiger charge is 2.46. The van der Waals surface area contributed by atoms with Gasteiger partial charge in [-0.3, -0.25) is 9.59 Å². The number of carboxylic acids is 1. The normalized spacial score (nSPS) is 16.3. The second-order valence-corrected chi connectivity index (χ2v) is 9.14. The van der Waals surface area contributed by atoms with Crippen molar-refractivity contribution >= 4 is 18.0 Å². The maximum absolute atomic E-state index is 12.5. The lowest BCUT2D eigenvalue weighted by molar-refractivity contribution is -0.141. The van der Waals surface area contributed by atoms with E-state index in [2.05, 4.69) is 34.9 Å². The molecule has 0 aliphatic heterocycles. The molecule has 2 amide bonds. The molecule has 7 nitrogen and oxygen atoms in total. The fourth-order valence-electron chi connectivity index (χ4n) is 4.48. The summed E-state index contributed by atoms with van der Waals surface area (Å²) in [5, 5.41) is 14.6. The lowest BCUT2D eigenvalue weighted by atomic mass is 9.98. The van der Waals surface area contributed by atoms with Gasteiger partial charge in [-0.15, -0.1) is 0 Å². The van der Waals surface area contributed by atoms with Gasteiger partial charge in [0.25, 0.3) is 0 Å². The molecule has 7 heteroatoms. The number of carbonyl (C=O) groups is 3. The number of hydrogen-bond acceptors (Lipinski definition) is 4. The number of fused-ring (bicyclic) bond motifs is 3. The van der Waals surface area contributed by atoms with E-state index in [1.165, 1.54) is 11.1 Å². The summed E-state index contributed by atoms with van der Waals surface area (Å²) >= 11 is 0. The summed E-state index contributed by atoms with van der Waals surface area (Å²) in [4.78, 5) is 35.7. The van der Waals surface area contributed by atoms with Crippen LogP contribution >= 0.6 is 0 Å². The molecule has 3 N–H and O–H groups in total. The molecule has 1 fully saturated rings. The highest BCUT2D eigenvalue weighted by molar-refractivity contribution is 5.80. The molecule has 4 rings (SSSR count). The van der Waals surface area contributed by atoms with Crippen LogP contribution in [0.2, 0.25) is 0 Å². The van der Waals surface area contributed by atoms with Gasteiger partial charge in [0.15, 0.2) is 0 Å². The molecule has 0 aromatic heterocycles. The van der Waals surface area contributed by atoms with Crippen LogP contribution in [0.4, 0.5) is 4.79 Å². The molecule has 33 heavy (non-hydrogen) atoms. The van der Waals surface area contributed by atoms with Gasteiger partial charge in [-0.1, -0.05) is 55.5 Å². The SMILES string of the molecule is CC(CCCNC(=O)CC1(NC(=O)OCC2c3ccccc3-c3ccccc32)CC1)C(=O)O. The maximum atomic E-state index is 12.5. The molecule has 0 bridgehead atoms. The first kappa shape index (κ1) is 22.8. The number of carbonyl (C=O) groups excluding carboxylic acids is 2. The van der Waals surface area contributed by atoms with Crippen LogP contribution in [0.1, 0.15) is 56.1 Å². The van der Waals surface area contributed by atoms with E-state index >= 15 is 0 Å². The van der Waals surface area contributed by atoms with E-state index in [1.54, 1.807) is 6.92 Å². The lowest BCUT2D eigenvalue weighted by Gasteiger charge is -2.19. The molecule has 0 saturated heterocycles. The van der Waals surface area contributed by atoms with Crippen molar-refractivity contribution in [1.29, 1.82) is 0 Å². The second kappa shape index (κ2) is 9.65. The summed E-state index contributed by atoms with van der Waals surface area (Å²) < 4.78 is 5.61. The van der Waals surface area contributed by atoms with Crippen molar-refractivity contribution in [2.75, 3.05) is 13.2 Å². The zero-order valence-corrected chi connectivity index (χ0v) is 18.8. The van der Waals surface area contributed by atoms with Gasteiger partial charge in [-0.05, 0) is 47.9 Å². The van der Waals surface area contributed by atoms with E-state index in [0.717, 1.165) is 24.0 Å². The van der Waals surface area contributed by atoms with Gasteiger partial charge in [0, 0.05) is 18.9 Å². The molecule has 2 aromatic rings. The fraction of sp³-hybridized carbons (Fsp3) is 0.423. The number of nitrogens with one attached hydrogen (secondary N) is 2. The van der Waals surface area contributed by atoms with E-state index < -0.39 is 23.5 Å². The quantitative estimate of drug-likeness (QED) is 0.474. The minimum Gasteiger partial charge on any atom is -0.481 e. The second-order valence-electron chi connectivity index (χ2n) is 9.14. The standard InChI is InChI=1S/C26H30N2O5/c1-17(24(30)31)7-6-14-27-23(29)15-26(12-13-26)28-25(32)33-16-22-20-10-4-2-8-18(20)19-9-3-5-11-21(19)22/h2-5,8-11,17,22H,6-7,12-16H2,1H3,(H,27,29)(H,28,32)(H,30,31). The van der Waals surface area contributed by atoms with Crippen molar-refractivity contribution in [3.05, 3.63) is 59.7 Å². The Labute approximate surface area is 193 Å². The third-order valence-corrected chi connectivity index (χ3v) is 6.62. The third-order valence-electron chi connectivity index (χ3n) is 6.62. The molecule has 0 spiro atoms. The summed E-state index contributed by atoms with van der Waals surface area (Å²) in [5.74, 6) is -1.40. The maximum Gasteiger partial charge on any atom is 0.407 e. The topological polar surface area (TPSA) is 105 Å². The van der Waals surface area contributed by atoms with Crippen molar-refractivity contribution < 1.29 is 24.2 Å². The van der Waals surface area contributed by atoms with Crippen LogP contribution in [0.5, 0.6) is 0 Å². The summed E-state index contributed by atoms with van der Waals surface area (Å²) in [5.41, 5.74) is 4.12. The predicted molar refractivity (Wildman–Crippen MR) is 124 cm³/mol. The van der Waals surface area contributed by atoms with Crippen molar-refractivity contribution in [2.45, 2.75) is 50.5 Å². The summed E-state index contributed by atoms with van der Waals surface area (Å²) in [6.07, 6.45) is 2.29. The Morgan fingerprint density at radius 2 is 1.67 bits per heavy atom. The molecular weight excluding hydrogens is 420 g/mol. The number of rotatable bonds is 10.